The Hall–Kier alpha value is -2.34. The lowest BCUT2D eigenvalue weighted by Gasteiger charge is -2.03. The first-order chi connectivity index (χ1) is 9.56. The van der Waals surface area contributed by atoms with E-state index in [1.807, 2.05) is 24.3 Å². The number of rotatable bonds is 5. The largest absolute Gasteiger partial charge is 0.384 e. The lowest BCUT2D eigenvalue weighted by Crippen LogP contribution is -2.10. The number of nitrogens with one attached hydrogen (secondary N) is 1. The van der Waals surface area contributed by atoms with Crippen LogP contribution in [0.25, 0.3) is 0 Å². The number of non-ortho nitro benzene ring substituents is 1. The molecule has 0 fully saturated rings. The summed E-state index contributed by atoms with van der Waals surface area (Å²) in [5, 5.41) is 17.9. The summed E-state index contributed by atoms with van der Waals surface area (Å²) in [6.07, 6.45) is 0. The summed E-state index contributed by atoms with van der Waals surface area (Å²) in [6, 6.07) is 14.0. The molecule has 0 aliphatic carbocycles. The molecule has 0 unspecified atom stereocenters. The summed E-state index contributed by atoms with van der Waals surface area (Å²) >= 11 is 1.60. The third-order valence-corrected chi connectivity index (χ3v) is 3.80. The molecule has 2 rings (SSSR count). The molecule has 0 radical (unpaired) electrons. The SMILES string of the molecule is N=C(N)c1ccc(CSc2ccc([N+](=O)[O-])cc2)cc1. The van der Waals surface area contributed by atoms with Gasteiger partial charge in [0.25, 0.3) is 5.69 Å². The smallest absolute Gasteiger partial charge is 0.269 e. The van der Waals surface area contributed by atoms with Crippen molar-refractivity contribution < 1.29 is 4.92 Å². The van der Waals surface area contributed by atoms with Gasteiger partial charge in [-0.1, -0.05) is 24.3 Å². The number of benzene rings is 2. The van der Waals surface area contributed by atoms with E-state index in [9.17, 15) is 10.1 Å². The molecule has 0 aliphatic rings. The Morgan fingerprint density at radius 3 is 2.25 bits per heavy atom. The summed E-state index contributed by atoms with van der Waals surface area (Å²) < 4.78 is 0. The van der Waals surface area contributed by atoms with Crippen molar-refractivity contribution in [3.63, 3.8) is 0 Å². The van der Waals surface area contributed by atoms with E-state index < -0.39 is 4.92 Å². The maximum absolute atomic E-state index is 10.5. The molecule has 3 N–H and O–H groups in total. The quantitative estimate of drug-likeness (QED) is 0.290. The van der Waals surface area contributed by atoms with Crippen molar-refractivity contribution in [1.82, 2.24) is 0 Å². The van der Waals surface area contributed by atoms with E-state index in [0.29, 0.717) is 5.56 Å². The van der Waals surface area contributed by atoms with Crippen LogP contribution in [0.15, 0.2) is 53.4 Å². The van der Waals surface area contributed by atoms with Gasteiger partial charge < -0.3 is 5.73 Å². The van der Waals surface area contributed by atoms with Gasteiger partial charge in [0.15, 0.2) is 0 Å². The minimum absolute atomic E-state index is 0.0552. The first-order valence-corrected chi connectivity index (χ1v) is 6.85. The second kappa shape index (κ2) is 6.21. The Balaban J connectivity index is 1.97. The predicted octanol–water partition coefficient (Wildman–Crippen LogP) is 3.17. The van der Waals surface area contributed by atoms with Gasteiger partial charge in [-0.2, -0.15) is 0 Å². The Kier molecular flexibility index (Phi) is 4.37. The zero-order chi connectivity index (χ0) is 14.5. The lowest BCUT2D eigenvalue weighted by molar-refractivity contribution is -0.384. The molecule has 102 valence electrons. The van der Waals surface area contributed by atoms with Crippen LogP contribution in [0.1, 0.15) is 11.1 Å². The first kappa shape index (κ1) is 14.1. The fourth-order valence-electron chi connectivity index (χ4n) is 1.61. The highest BCUT2D eigenvalue weighted by Gasteiger charge is 2.04. The molecule has 2 aromatic carbocycles. The predicted molar refractivity (Wildman–Crippen MR) is 80.1 cm³/mol. The molecule has 6 heteroatoms. The molecule has 2 aromatic rings. The Labute approximate surface area is 120 Å². The zero-order valence-corrected chi connectivity index (χ0v) is 11.4. The molecular formula is C14H13N3O2S. The van der Waals surface area contributed by atoms with Crippen molar-refractivity contribution in [2.24, 2.45) is 5.73 Å². The van der Waals surface area contributed by atoms with E-state index in [2.05, 4.69) is 0 Å². The van der Waals surface area contributed by atoms with Crippen molar-refractivity contribution in [2.75, 3.05) is 0 Å². The third-order valence-electron chi connectivity index (χ3n) is 2.72. The summed E-state index contributed by atoms with van der Waals surface area (Å²) in [6.45, 7) is 0. The molecule has 5 nitrogen and oxygen atoms in total. The van der Waals surface area contributed by atoms with Crippen molar-refractivity contribution in [3.05, 3.63) is 69.8 Å². The van der Waals surface area contributed by atoms with Crippen LogP contribution in [0, 0.1) is 15.5 Å². The van der Waals surface area contributed by atoms with Crippen molar-refractivity contribution in [2.45, 2.75) is 10.6 Å². The maximum Gasteiger partial charge on any atom is 0.269 e. The summed E-state index contributed by atoms with van der Waals surface area (Å²) in [4.78, 5) is 11.1. The normalized spacial score (nSPS) is 10.2. The maximum atomic E-state index is 10.5. The Morgan fingerprint density at radius 1 is 1.15 bits per heavy atom. The molecule has 0 bridgehead atoms. The van der Waals surface area contributed by atoms with E-state index >= 15 is 0 Å². The number of nitro benzene ring substituents is 1. The second-order valence-corrected chi connectivity index (χ2v) is 5.20. The number of nitrogens with zero attached hydrogens (tertiary/aromatic N) is 1. The van der Waals surface area contributed by atoms with Gasteiger partial charge in [-0.05, 0) is 17.7 Å². The number of thioether (sulfide) groups is 1. The van der Waals surface area contributed by atoms with E-state index in [1.165, 1.54) is 12.1 Å². The number of nitrogens with two attached hydrogens (primary N) is 1. The Bertz CT molecular complexity index is 566. The van der Waals surface area contributed by atoms with Gasteiger partial charge in [0.05, 0.1) is 4.92 Å². The molecule has 0 amide bonds. The van der Waals surface area contributed by atoms with Crippen LogP contribution >= 0.6 is 11.8 Å². The molecule has 0 spiro atoms. The number of hydrogen-bond donors (Lipinski definition) is 2. The second-order valence-electron chi connectivity index (χ2n) is 4.15. The van der Waals surface area contributed by atoms with Gasteiger partial charge in [0.2, 0.25) is 0 Å². The molecule has 0 aliphatic heterocycles. The highest BCUT2D eigenvalue weighted by molar-refractivity contribution is 7.98. The number of hydrogen-bond acceptors (Lipinski definition) is 4. The van der Waals surface area contributed by atoms with Gasteiger partial charge in [-0.25, -0.2) is 0 Å². The fourth-order valence-corrected chi connectivity index (χ4v) is 2.47. The highest BCUT2D eigenvalue weighted by Crippen LogP contribution is 2.24. The average Bonchev–Trinajstić information content (AvgIpc) is 2.46. The molecule has 0 heterocycles. The molecule has 0 aromatic heterocycles. The monoisotopic (exact) mass is 287 g/mol. The molecule has 0 saturated heterocycles. The fraction of sp³-hybridized carbons (Fsp3) is 0.0714. The molecule has 20 heavy (non-hydrogen) atoms. The van der Waals surface area contributed by atoms with Crippen LogP contribution in [0.2, 0.25) is 0 Å². The summed E-state index contributed by atoms with van der Waals surface area (Å²) in [5.41, 5.74) is 7.30. The third kappa shape index (κ3) is 3.58. The van der Waals surface area contributed by atoms with Crippen molar-refractivity contribution >= 4 is 23.3 Å². The number of nitro groups is 1. The summed E-state index contributed by atoms with van der Waals surface area (Å²) in [5.74, 6) is 0.815. The van der Waals surface area contributed by atoms with E-state index in [0.717, 1.165) is 16.2 Å². The van der Waals surface area contributed by atoms with Gasteiger partial charge in [-0.3, -0.25) is 15.5 Å². The van der Waals surface area contributed by atoms with Crippen LogP contribution < -0.4 is 5.73 Å². The lowest BCUT2D eigenvalue weighted by atomic mass is 10.1. The molecular weight excluding hydrogens is 274 g/mol. The highest BCUT2D eigenvalue weighted by atomic mass is 32.2. The van der Waals surface area contributed by atoms with E-state index in [1.54, 1.807) is 23.9 Å². The van der Waals surface area contributed by atoms with Crippen LogP contribution in [0.4, 0.5) is 5.69 Å². The van der Waals surface area contributed by atoms with E-state index in [-0.39, 0.29) is 11.5 Å². The van der Waals surface area contributed by atoms with Crippen LogP contribution in [0.5, 0.6) is 0 Å². The van der Waals surface area contributed by atoms with Crippen molar-refractivity contribution in [3.8, 4) is 0 Å². The number of amidine groups is 1. The van der Waals surface area contributed by atoms with Crippen LogP contribution in [0.3, 0.4) is 0 Å². The van der Waals surface area contributed by atoms with Crippen LogP contribution in [-0.2, 0) is 5.75 Å². The number of nitrogen functional groups attached to an aromatic ring is 1. The van der Waals surface area contributed by atoms with E-state index in [4.69, 9.17) is 11.1 Å². The summed E-state index contributed by atoms with van der Waals surface area (Å²) in [7, 11) is 0. The molecule has 0 atom stereocenters. The van der Waals surface area contributed by atoms with Gasteiger partial charge >= 0.3 is 0 Å². The minimum Gasteiger partial charge on any atom is -0.384 e. The van der Waals surface area contributed by atoms with Gasteiger partial charge in [-0.15, -0.1) is 11.8 Å². The van der Waals surface area contributed by atoms with Gasteiger partial charge in [0, 0.05) is 28.3 Å². The Morgan fingerprint density at radius 2 is 1.75 bits per heavy atom. The topological polar surface area (TPSA) is 93.0 Å². The van der Waals surface area contributed by atoms with Gasteiger partial charge in [0.1, 0.15) is 5.84 Å². The van der Waals surface area contributed by atoms with Crippen molar-refractivity contribution in [1.29, 1.82) is 5.41 Å². The van der Waals surface area contributed by atoms with Crippen LogP contribution in [-0.4, -0.2) is 10.8 Å². The zero-order valence-electron chi connectivity index (χ0n) is 10.6. The first-order valence-electron chi connectivity index (χ1n) is 5.87. The molecule has 0 saturated carbocycles. The average molecular weight is 287 g/mol. The minimum atomic E-state index is -0.408. The standard InChI is InChI=1S/C14H13N3O2S/c15-14(16)11-3-1-10(2-4-11)9-20-13-7-5-12(6-8-13)17(18)19/h1-8H,9H2,(H3,15,16).